The molecule has 1 aromatic rings. The van der Waals surface area contributed by atoms with E-state index < -0.39 is 12.1 Å². The molecule has 0 aliphatic heterocycles. The fourth-order valence-corrected chi connectivity index (χ4v) is 1.49. The number of nitrogens with one attached hydrogen (secondary N) is 1. The lowest BCUT2D eigenvalue weighted by molar-refractivity contribution is -0.127. The van der Waals surface area contributed by atoms with Crippen molar-refractivity contribution in [1.29, 1.82) is 0 Å². The minimum Gasteiger partial charge on any atom is -0.479 e. The monoisotopic (exact) mass is 280 g/mol. The third-order valence-corrected chi connectivity index (χ3v) is 2.66. The number of hydrogen-bond acceptors (Lipinski definition) is 4. The zero-order valence-electron chi connectivity index (χ0n) is 11.9. The minimum absolute atomic E-state index is 0.0231. The Bertz CT molecular complexity index is 474. The van der Waals surface area contributed by atoms with Crippen LogP contribution in [0.15, 0.2) is 18.5 Å². The van der Waals surface area contributed by atoms with Crippen LogP contribution in [-0.4, -0.2) is 34.6 Å². The van der Waals surface area contributed by atoms with Gasteiger partial charge in [-0.05, 0) is 25.3 Å². The molecule has 1 heterocycles. The summed E-state index contributed by atoms with van der Waals surface area (Å²) < 4.78 is 5.39. The first-order chi connectivity index (χ1) is 9.40. The standard InChI is InChI=1S/C14H20N2O4/c1-9(2)4-5-16-13(17)10(3)20-12-6-11(14(18)19)7-15-8-12/h6-10H,4-5H2,1-3H3,(H,16,17)(H,18,19). The van der Waals surface area contributed by atoms with Gasteiger partial charge in [-0.2, -0.15) is 0 Å². The largest absolute Gasteiger partial charge is 0.479 e. The number of aromatic nitrogens is 1. The Kier molecular flexibility index (Phi) is 5.96. The Balaban J connectivity index is 2.52. The van der Waals surface area contributed by atoms with Crippen molar-refractivity contribution >= 4 is 11.9 Å². The second-order valence-electron chi connectivity index (χ2n) is 4.95. The molecule has 6 heteroatoms. The number of carbonyl (C=O) groups excluding carboxylic acids is 1. The number of pyridine rings is 1. The van der Waals surface area contributed by atoms with Crippen molar-refractivity contribution in [1.82, 2.24) is 10.3 Å². The van der Waals surface area contributed by atoms with Gasteiger partial charge in [-0.1, -0.05) is 13.8 Å². The van der Waals surface area contributed by atoms with Crippen molar-refractivity contribution in [2.45, 2.75) is 33.3 Å². The zero-order chi connectivity index (χ0) is 15.1. The molecule has 20 heavy (non-hydrogen) atoms. The second kappa shape index (κ2) is 7.47. The molecular formula is C14H20N2O4. The molecule has 0 aliphatic carbocycles. The number of ether oxygens (including phenoxy) is 1. The number of carboxylic acid groups (broad SMARTS) is 1. The lowest BCUT2D eigenvalue weighted by Crippen LogP contribution is -2.37. The Morgan fingerprint density at radius 1 is 1.35 bits per heavy atom. The van der Waals surface area contributed by atoms with E-state index in [4.69, 9.17) is 9.84 Å². The maximum atomic E-state index is 11.8. The Morgan fingerprint density at radius 3 is 2.65 bits per heavy atom. The zero-order valence-corrected chi connectivity index (χ0v) is 11.9. The first kappa shape index (κ1) is 15.9. The van der Waals surface area contributed by atoms with Gasteiger partial charge in [-0.25, -0.2) is 4.79 Å². The van der Waals surface area contributed by atoms with Crippen LogP contribution in [0.25, 0.3) is 0 Å². The van der Waals surface area contributed by atoms with E-state index in [9.17, 15) is 9.59 Å². The SMILES string of the molecule is CC(C)CCNC(=O)C(C)Oc1cncc(C(=O)O)c1. The number of hydrogen-bond donors (Lipinski definition) is 2. The highest BCUT2D eigenvalue weighted by atomic mass is 16.5. The van der Waals surface area contributed by atoms with Crippen LogP contribution in [0.4, 0.5) is 0 Å². The summed E-state index contributed by atoms with van der Waals surface area (Å²) in [5, 5.41) is 11.6. The van der Waals surface area contributed by atoms with E-state index in [1.165, 1.54) is 18.5 Å². The summed E-state index contributed by atoms with van der Waals surface area (Å²) >= 11 is 0. The van der Waals surface area contributed by atoms with Crippen molar-refractivity contribution < 1.29 is 19.4 Å². The molecule has 0 spiro atoms. The van der Waals surface area contributed by atoms with Crippen molar-refractivity contribution in [3.63, 3.8) is 0 Å². The molecule has 0 aromatic carbocycles. The van der Waals surface area contributed by atoms with Crippen molar-refractivity contribution in [2.75, 3.05) is 6.54 Å². The van der Waals surface area contributed by atoms with Gasteiger partial charge in [0, 0.05) is 12.7 Å². The number of carbonyl (C=O) groups is 2. The van der Waals surface area contributed by atoms with E-state index in [0.29, 0.717) is 12.5 Å². The highest BCUT2D eigenvalue weighted by Crippen LogP contribution is 2.13. The maximum absolute atomic E-state index is 11.8. The average Bonchev–Trinajstić information content (AvgIpc) is 2.38. The van der Waals surface area contributed by atoms with E-state index >= 15 is 0 Å². The van der Waals surface area contributed by atoms with Gasteiger partial charge in [0.05, 0.1) is 11.8 Å². The highest BCUT2D eigenvalue weighted by molar-refractivity contribution is 5.87. The van der Waals surface area contributed by atoms with Gasteiger partial charge in [0.2, 0.25) is 0 Å². The van der Waals surface area contributed by atoms with Gasteiger partial charge in [0.15, 0.2) is 6.10 Å². The molecule has 6 nitrogen and oxygen atoms in total. The Hall–Kier alpha value is -2.11. The molecule has 0 bridgehead atoms. The molecule has 1 amide bonds. The Labute approximate surface area is 118 Å². The molecule has 0 radical (unpaired) electrons. The maximum Gasteiger partial charge on any atom is 0.337 e. The van der Waals surface area contributed by atoms with Crippen LogP contribution < -0.4 is 10.1 Å². The number of aromatic carboxylic acids is 1. The van der Waals surface area contributed by atoms with Gasteiger partial charge < -0.3 is 15.2 Å². The van der Waals surface area contributed by atoms with Crippen LogP contribution in [0.3, 0.4) is 0 Å². The molecule has 1 unspecified atom stereocenters. The van der Waals surface area contributed by atoms with Gasteiger partial charge >= 0.3 is 5.97 Å². The van der Waals surface area contributed by atoms with E-state index in [-0.39, 0.29) is 17.2 Å². The normalized spacial score (nSPS) is 12.0. The first-order valence-electron chi connectivity index (χ1n) is 6.53. The fraction of sp³-hybridized carbons (Fsp3) is 0.500. The van der Waals surface area contributed by atoms with E-state index in [2.05, 4.69) is 24.1 Å². The van der Waals surface area contributed by atoms with Crippen LogP contribution in [0.1, 0.15) is 37.6 Å². The molecule has 0 saturated heterocycles. The predicted molar refractivity (Wildman–Crippen MR) is 73.8 cm³/mol. The van der Waals surface area contributed by atoms with Crippen LogP contribution >= 0.6 is 0 Å². The predicted octanol–water partition coefficient (Wildman–Crippen LogP) is 1.71. The lowest BCUT2D eigenvalue weighted by atomic mass is 10.1. The summed E-state index contributed by atoms with van der Waals surface area (Å²) in [6, 6.07) is 1.34. The quantitative estimate of drug-likeness (QED) is 0.793. The number of nitrogens with zero attached hydrogens (tertiary/aromatic N) is 1. The summed E-state index contributed by atoms with van der Waals surface area (Å²) in [5.74, 6) is -0.539. The number of rotatable bonds is 7. The van der Waals surface area contributed by atoms with Gasteiger partial charge in [0.25, 0.3) is 5.91 Å². The van der Waals surface area contributed by atoms with Gasteiger partial charge in [-0.3, -0.25) is 9.78 Å². The molecule has 0 fully saturated rings. The summed E-state index contributed by atoms with van der Waals surface area (Å²) in [4.78, 5) is 26.3. The molecule has 0 saturated carbocycles. The summed E-state index contributed by atoms with van der Waals surface area (Å²) in [7, 11) is 0. The van der Waals surface area contributed by atoms with E-state index in [0.717, 1.165) is 6.42 Å². The molecule has 1 atom stereocenters. The second-order valence-corrected chi connectivity index (χ2v) is 4.95. The summed E-state index contributed by atoms with van der Waals surface area (Å²) in [6.45, 7) is 6.36. The molecule has 0 aliphatic rings. The van der Waals surface area contributed by atoms with Crippen LogP contribution in [0.5, 0.6) is 5.75 Å². The molecule has 2 N–H and O–H groups in total. The minimum atomic E-state index is -1.09. The van der Waals surface area contributed by atoms with Gasteiger partial charge in [0.1, 0.15) is 5.75 Å². The first-order valence-corrected chi connectivity index (χ1v) is 6.53. The number of carboxylic acids is 1. The Morgan fingerprint density at radius 2 is 2.05 bits per heavy atom. The van der Waals surface area contributed by atoms with E-state index in [1.54, 1.807) is 6.92 Å². The van der Waals surface area contributed by atoms with E-state index in [1.807, 2.05) is 0 Å². The van der Waals surface area contributed by atoms with Crippen LogP contribution in [0, 0.1) is 5.92 Å². The molecule has 110 valence electrons. The third kappa shape index (κ3) is 5.26. The van der Waals surface area contributed by atoms with Crippen molar-refractivity contribution in [3.8, 4) is 5.75 Å². The third-order valence-electron chi connectivity index (χ3n) is 2.66. The number of amides is 1. The average molecular weight is 280 g/mol. The molecular weight excluding hydrogens is 260 g/mol. The molecule has 1 aromatic heterocycles. The molecule has 1 rings (SSSR count). The van der Waals surface area contributed by atoms with Crippen molar-refractivity contribution in [2.24, 2.45) is 5.92 Å². The van der Waals surface area contributed by atoms with Gasteiger partial charge in [-0.15, -0.1) is 0 Å². The van der Waals surface area contributed by atoms with Crippen LogP contribution in [-0.2, 0) is 4.79 Å². The summed E-state index contributed by atoms with van der Waals surface area (Å²) in [5.41, 5.74) is 0.0231. The van der Waals surface area contributed by atoms with Crippen molar-refractivity contribution in [3.05, 3.63) is 24.0 Å². The summed E-state index contributed by atoms with van der Waals surface area (Å²) in [6.07, 6.45) is 2.80. The highest BCUT2D eigenvalue weighted by Gasteiger charge is 2.15. The topological polar surface area (TPSA) is 88.5 Å². The van der Waals surface area contributed by atoms with Crippen LogP contribution in [0.2, 0.25) is 0 Å². The smallest absolute Gasteiger partial charge is 0.337 e. The lowest BCUT2D eigenvalue weighted by Gasteiger charge is -2.15. The fourth-order valence-electron chi connectivity index (χ4n) is 1.49.